The molecule has 0 aliphatic carbocycles. The maximum absolute atomic E-state index is 12.9. The van der Waals surface area contributed by atoms with Gasteiger partial charge in [0.15, 0.2) is 5.58 Å². The van der Waals surface area contributed by atoms with Gasteiger partial charge in [0.25, 0.3) is 0 Å². The molecule has 0 aromatic carbocycles. The number of furan rings is 1. The standard InChI is InChI=1S/C20H25N3O5S/c1-20(2,3)28-19(24)22-11-15(12-22)29(25,26)23-9-6-14(7-10-23)16-13-27-17-5-4-8-21-18(16)17/h4-6,8,13,15H,7,9-12H2,1-3H3. The number of likely N-dealkylation sites (tertiary alicyclic amines) is 1. The Bertz CT molecular complexity index is 1060. The number of carbonyl (C=O) groups is 1. The summed E-state index contributed by atoms with van der Waals surface area (Å²) in [4.78, 5) is 17.8. The third kappa shape index (κ3) is 3.89. The number of amides is 1. The van der Waals surface area contributed by atoms with Crippen LogP contribution in [-0.4, -0.2) is 65.7 Å². The Morgan fingerprint density at radius 2 is 2.07 bits per heavy atom. The van der Waals surface area contributed by atoms with Crippen molar-refractivity contribution in [1.29, 1.82) is 0 Å². The summed E-state index contributed by atoms with van der Waals surface area (Å²) in [6.07, 6.45) is 5.44. The lowest BCUT2D eigenvalue weighted by atomic mass is 10.0. The van der Waals surface area contributed by atoms with Gasteiger partial charge >= 0.3 is 6.09 Å². The topological polar surface area (TPSA) is 93.0 Å². The molecule has 2 aliphatic rings. The van der Waals surface area contributed by atoms with Gasteiger partial charge in [-0.15, -0.1) is 0 Å². The molecular formula is C20H25N3O5S. The lowest BCUT2D eigenvalue weighted by Crippen LogP contribution is -2.60. The maximum Gasteiger partial charge on any atom is 0.410 e. The van der Waals surface area contributed by atoms with Crippen molar-refractivity contribution in [2.45, 2.75) is 38.0 Å². The van der Waals surface area contributed by atoms with Crippen molar-refractivity contribution in [3.63, 3.8) is 0 Å². The van der Waals surface area contributed by atoms with Crippen molar-refractivity contribution >= 4 is 32.8 Å². The van der Waals surface area contributed by atoms with Crippen LogP contribution in [0.25, 0.3) is 16.7 Å². The fraction of sp³-hybridized carbons (Fsp3) is 0.500. The van der Waals surface area contributed by atoms with E-state index in [1.54, 1.807) is 33.2 Å². The minimum atomic E-state index is -3.47. The first-order chi connectivity index (χ1) is 13.6. The highest BCUT2D eigenvalue weighted by Crippen LogP contribution is 2.31. The summed E-state index contributed by atoms with van der Waals surface area (Å²) < 4.78 is 38.2. The van der Waals surface area contributed by atoms with Crippen molar-refractivity contribution in [2.75, 3.05) is 26.2 Å². The minimum absolute atomic E-state index is 0.167. The third-order valence-corrected chi connectivity index (χ3v) is 7.32. The van der Waals surface area contributed by atoms with E-state index >= 15 is 0 Å². The first-order valence-corrected chi connectivity index (χ1v) is 11.1. The zero-order valence-electron chi connectivity index (χ0n) is 16.8. The highest BCUT2D eigenvalue weighted by Gasteiger charge is 2.44. The summed E-state index contributed by atoms with van der Waals surface area (Å²) in [5, 5.41) is -0.582. The van der Waals surface area contributed by atoms with Crippen LogP contribution in [0, 0.1) is 0 Å². The molecule has 9 heteroatoms. The molecule has 0 bridgehead atoms. The monoisotopic (exact) mass is 419 g/mol. The molecule has 0 radical (unpaired) electrons. The van der Waals surface area contributed by atoms with Gasteiger partial charge in [-0.2, -0.15) is 4.31 Å². The Labute approximate surface area is 170 Å². The molecule has 2 aromatic rings. The summed E-state index contributed by atoms with van der Waals surface area (Å²) in [6.45, 7) is 6.40. The molecule has 0 atom stereocenters. The molecular weight excluding hydrogens is 394 g/mol. The average molecular weight is 420 g/mol. The summed E-state index contributed by atoms with van der Waals surface area (Å²) in [7, 11) is -3.47. The summed E-state index contributed by atoms with van der Waals surface area (Å²) in [5.41, 5.74) is 2.87. The van der Waals surface area contributed by atoms with Crippen molar-refractivity contribution in [3.8, 4) is 0 Å². The molecule has 2 aromatic heterocycles. The fourth-order valence-electron chi connectivity index (χ4n) is 3.53. The molecule has 2 aliphatic heterocycles. The lowest BCUT2D eigenvalue weighted by Gasteiger charge is -2.41. The van der Waals surface area contributed by atoms with E-state index in [9.17, 15) is 13.2 Å². The SMILES string of the molecule is CC(C)(C)OC(=O)N1CC(S(=O)(=O)N2CC=C(c3coc4cccnc34)CC2)C1. The predicted molar refractivity (Wildman–Crippen MR) is 109 cm³/mol. The van der Waals surface area contributed by atoms with Gasteiger partial charge in [-0.25, -0.2) is 13.2 Å². The first-order valence-electron chi connectivity index (χ1n) is 9.64. The normalized spacial score (nSPS) is 19.1. The zero-order valence-corrected chi connectivity index (χ0v) is 17.6. The Kier molecular flexibility index (Phi) is 4.90. The van der Waals surface area contributed by atoms with Crippen LogP contribution >= 0.6 is 0 Å². The van der Waals surface area contributed by atoms with Crippen LogP contribution in [0.3, 0.4) is 0 Å². The number of carbonyl (C=O) groups excluding carboxylic acids is 1. The number of aromatic nitrogens is 1. The average Bonchev–Trinajstić information content (AvgIpc) is 3.03. The molecule has 4 heterocycles. The van der Waals surface area contributed by atoms with Crippen LogP contribution in [0.5, 0.6) is 0 Å². The van der Waals surface area contributed by atoms with Gasteiger partial charge in [0.1, 0.15) is 22.6 Å². The molecule has 0 saturated carbocycles. The lowest BCUT2D eigenvalue weighted by molar-refractivity contribution is 0.0136. The Balaban J connectivity index is 1.40. The minimum Gasteiger partial charge on any atom is -0.462 e. The van der Waals surface area contributed by atoms with Crippen LogP contribution in [0.1, 0.15) is 32.8 Å². The van der Waals surface area contributed by atoms with Crippen LogP contribution < -0.4 is 0 Å². The van der Waals surface area contributed by atoms with E-state index in [2.05, 4.69) is 4.98 Å². The Morgan fingerprint density at radius 1 is 1.31 bits per heavy atom. The number of hydrogen-bond donors (Lipinski definition) is 0. The number of hydrogen-bond acceptors (Lipinski definition) is 6. The van der Waals surface area contributed by atoms with Gasteiger partial charge in [-0.3, -0.25) is 4.98 Å². The van der Waals surface area contributed by atoms with Gasteiger partial charge in [-0.1, -0.05) is 6.08 Å². The number of rotatable bonds is 3. The molecule has 0 spiro atoms. The number of nitrogens with zero attached hydrogens (tertiary/aromatic N) is 3. The van der Waals surface area contributed by atoms with Crippen LogP contribution in [0.4, 0.5) is 4.79 Å². The zero-order chi connectivity index (χ0) is 20.8. The van der Waals surface area contributed by atoms with Crippen molar-refractivity contribution in [2.24, 2.45) is 0 Å². The molecule has 0 unspecified atom stereocenters. The van der Waals surface area contributed by atoms with E-state index in [-0.39, 0.29) is 13.1 Å². The predicted octanol–water partition coefficient (Wildman–Crippen LogP) is 2.87. The Hall–Kier alpha value is -2.39. The van der Waals surface area contributed by atoms with Gasteiger partial charge in [-0.05, 0) is 44.9 Å². The van der Waals surface area contributed by atoms with E-state index in [4.69, 9.17) is 9.15 Å². The second kappa shape index (κ2) is 7.14. The molecule has 4 rings (SSSR count). The van der Waals surface area contributed by atoms with E-state index in [1.165, 1.54) is 9.21 Å². The second-order valence-corrected chi connectivity index (χ2v) is 10.6. The van der Waals surface area contributed by atoms with E-state index in [0.29, 0.717) is 19.5 Å². The maximum atomic E-state index is 12.9. The van der Waals surface area contributed by atoms with E-state index in [1.807, 2.05) is 18.2 Å². The largest absolute Gasteiger partial charge is 0.462 e. The highest BCUT2D eigenvalue weighted by molar-refractivity contribution is 7.89. The molecule has 0 N–H and O–H groups in total. The third-order valence-electron chi connectivity index (χ3n) is 5.13. The fourth-order valence-corrected chi connectivity index (χ4v) is 5.32. The summed E-state index contributed by atoms with van der Waals surface area (Å²) in [5.74, 6) is 0. The van der Waals surface area contributed by atoms with Gasteiger partial charge < -0.3 is 14.1 Å². The van der Waals surface area contributed by atoms with E-state index < -0.39 is 27.0 Å². The summed E-state index contributed by atoms with van der Waals surface area (Å²) >= 11 is 0. The van der Waals surface area contributed by atoms with Crippen molar-refractivity contribution in [1.82, 2.24) is 14.2 Å². The molecule has 1 amide bonds. The highest BCUT2D eigenvalue weighted by atomic mass is 32.2. The second-order valence-electron chi connectivity index (χ2n) is 8.39. The van der Waals surface area contributed by atoms with E-state index in [0.717, 1.165) is 22.2 Å². The molecule has 1 fully saturated rings. The first kappa shape index (κ1) is 19.9. The van der Waals surface area contributed by atoms with Crippen molar-refractivity contribution < 1.29 is 22.4 Å². The van der Waals surface area contributed by atoms with Crippen LogP contribution in [0.2, 0.25) is 0 Å². The van der Waals surface area contributed by atoms with Gasteiger partial charge in [0.05, 0.1) is 0 Å². The Morgan fingerprint density at radius 3 is 2.72 bits per heavy atom. The molecule has 8 nitrogen and oxygen atoms in total. The molecule has 1 saturated heterocycles. The number of pyridine rings is 1. The smallest absolute Gasteiger partial charge is 0.410 e. The number of sulfonamides is 1. The van der Waals surface area contributed by atoms with Crippen molar-refractivity contribution in [3.05, 3.63) is 36.2 Å². The number of fused-ring (bicyclic) bond motifs is 1. The quantitative estimate of drug-likeness (QED) is 0.760. The van der Waals surface area contributed by atoms with Gasteiger partial charge in [0, 0.05) is 37.9 Å². The van der Waals surface area contributed by atoms with Crippen LogP contribution in [0.15, 0.2) is 35.1 Å². The number of ether oxygens (including phenoxy) is 1. The molecule has 156 valence electrons. The summed E-state index contributed by atoms with van der Waals surface area (Å²) in [6, 6.07) is 3.68. The van der Waals surface area contributed by atoms with Gasteiger partial charge in [0.2, 0.25) is 10.0 Å². The molecule has 29 heavy (non-hydrogen) atoms. The van der Waals surface area contributed by atoms with Crippen LogP contribution in [-0.2, 0) is 14.8 Å².